The molecule has 0 saturated carbocycles. The van der Waals surface area contributed by atoms with E-state index in [1.54, 1.807) is 19.9 Å². The van der Waals surface area contributed by atoms with Crippen LogP contribution in [0.4, 0.5) is 4.39 Å². The normalized spacial score (nSPS) is 10.7. The molecule has 0 bridgehead atoms. The van der Waals surface area contributed by atoms with Crippen molar-refractivity contribution in [3.63, 3.8) is 0 Å². The Morgan fingerprint density at radius 2 is 2.00 bits per heavy atom. The number of aromatic carboxylic acids is 1. The van der Waals surface area contributed by atoms with Gasteiger partial charge in [-0.3, -0.25) is 4.79 Å². The predicted molar refractivity (Wildman–Crippen MR) is 77.6 cm³/mol. The smallest absolute Gasteiger partial charge is 0.341 e. The quantitative estimate of drug-likeness (QED) is 0.948. The van der Waals surface area contributed by atoms with Crippen molar-refractivity contribution in [1.82, 2.24) is 4.57 Å². The Balaban J connectivity index is 2.54. The van der Waals surface area contributed by atoms with Gasteiger partial charge < -0.3 is 9.67 Å². The van der Waals surface area contributed by atoms with Crippen LogP contribution in [0.2, 0.25) is 5.02 Å². The first kappa shape index (κ1) is 15.3. The monoisotopic (exact) mass is 309 g/mol. The molecule has 1 heterocycles. The van der Waals surface area contributed by atoms with Crippen LogP contribution in [-0.2, 0) is 6.54 Å². The summed E-state index contributed by atoms with van der Waals surface area (Å²) in [5.41, 5.74) is 0.822. The van der Waals surface area contributed by atoms with Gasteiger partial charge in [-0.2, -0.15) is 0 Å². The van der Waals surface area contributed by atoms with Crippen molar-refractivity contribution in [3.05, 3.63) is 67.8 Å². The second kappa shape index (κ2) is 5.69. The lowest BCUT2D eigenvalue weighted by atomic mass is 10.1. The number of hydrogen-bond acceptors (Lipinski definition) is 2. The minimum atomic E-state index is -1.26. The van der Waals surface area contributed by atoms with Crippen LogP contribution in [0.3, 0.4) is 0 Å². The number of carboxylic acid groups (broad SMARTS) is 1. The molecular formula is C15H13ClFNO3. The zero-order valence-corrected chi connectivity index (χ0v) is 12.2. The maximum atomic E-state index is 13.1. The van der Waals surface area contributed by atoms with Crippen molar-refractivity contribution in [2.75, 3.05) is 0 Å². The lowest BCUT2D eigenvalue weighted by Gasteiger charge is -2.13. The molecule has 1 aromatic heterocycles. The van der Waals surface area contributed by atoms with Gasteiger partial charge in [-0.1, -0.05) is 17.7 Å². The molecule has 0 fully saturated rings. The highest BCUT2D eigenvalue weighted by molar-refractivity contribution is 6.30. The molecule has 0 unspecified atom stereocenters. The van der Waals surface area contributed by atoms with Crippen molar-refractivity contribution in [2.45, 2.75) is 20.4 Å². The summed E-state index contributed by atoms with van der Waals surface area (Å²) in [6.45, 7) is 3.42. The van der Waals surface area contributed by atoms with E-state index in [-0.39, 0.29) is 17.1 Å². The third kappa shape index (κ3) is 2.97. The summed E-state index contributed by atoms with van der Waals surface area (Å²) in [5.74, 6) is -1.80. The molecule has 0 aliphatic heterocycles. The molecule has 4 nitrogen and oxygen atoms in total. The third-order valence-corrected chi connectivity index (χ3v) is 3.53. The molecule has 2 rings (SSSR count). The van der Waals surface area contributed by atoms with E-state index in [9.17, 15) is 14.0 Å². The Kier molecular flexibility index (Phi) is 4.14. The summed E-state index contributed by atoms with van der Waals surface area (Å²) in [6, 6.07) is 5.77. The summed E-state index contributed by atoms with van der Waals surface area (Å²) in [7, 11) is 0. The van der Waals surface area contributed by atoms with Crippen molar-refractivity contribution in [2.24, 2.45) is 0 Å². The van der Waals surface area contributed by atoms with Gasteiger partial charge in [0, 0.05) is 5.69 Å². The van der Waals surface area contributed by atoms with Gasteiger partial charge in [0.25, 0.3) is 5.56 Å². The fourth-order valence-electron chi connectivity index (χ4n) is 2.20. The van der Waals surface area contributed by atoms with Crippen molar-refractivity contribution >= 4 is 17.6 Å². The van der Waals surface area contributed by atoms with Crippen LogP contribution in [0.25, 0.3) is 0 Å². The molecule has 0 aliphatic rings. The van der Waals surface area contributed by atoms with Gasteiger partial charge >= 0.3 is 5.97 Å². The summed E-state index contributed by atoms with van der Waals surface area (Å²) < 4.78 is 14.5. The first-order chi connectivity index (χ1) is 9.81. The molecule has 110 valence electrons. The highest BCUT2D eigenvalue weighted by Crippen LogP contribution is 2.17. The maximum absolute atomic E-state index is 13.1. The number of benzene rings is 1. The highest BCUT2D eigenvalue weighted by Gasteiger charge is 2.16. The fourth-order valence-corrected chi connectivity index (χ4v) is 2.41. The van der Waals surface area contributed by atoms with Gasteiger partial charge in [-0.25, -0.2) is 9.18 Å². The molecule has 6 heteroatoms. The first-order valence-electron chi connectivity index (χ1n) is 6.19. The Bertz CT molecular complexity index is 783. The molecule has 0 aliphatic carbocycles. The number of aryl methyl sites for hydroxylation is 2. The molecule has 2 aromatic rings. The minimum Gasteiger partial charge on any atom is -0.477 e. The van der Waals surface area contributed by atoms with E-state index in [2.05, 4.69) is 0 Å². The number of carboxylic acids is 1. The van der Waals surface area contributed by atoms with Crippen LogP contribution in [0.15, 0.2) is 29.1 Å². The number of carbonyl (C=O) groups is 1. The first-order valence-corrected chi connectivity index (χ1v) is 6.57. The molecule has 0 spiro atoms. The Labute approximate surface area is 125 Å². The van der Waals surface area contributed by atoms with E-state index in [1.165, 1.54) is 22.8 Å². The number of rotatable bonds is 3. The molecule has 1 aromatic carbocycles. The number of halogens is 2. The molecule has 0 radical (unpaired) electrons. The Morgan fingerprint density at radius 3 is 2.57 bits per heavy atom. The lowest BCUT2D eigenvalue weighted by Crippen LogP contribution is -2.29. The van der Waals surface area contributed by atoms with Gasteiger partial charge in [-0.05, 0) is 43.2 Å². The SMILES string of the molecule is Cc1cc(C)n(Cc2ccc(F)c(Cl)c2)c(=O)c1C(=O)O. The second-order valence-electron chi connectivity index (χ2n) is 4.79. The van der Waals surface area contributed by atoms with Crippen molar-refractivity contribution < 1.29 is 14.3 Å². The number of hydrogen-bond donors (Lipinski definition) is 1. The van der Waals surface area contributed by atoms with Gasteiger partial charge in [0.2, 0.25) is 0 Å². The maximum Gasteiger partial charge on any atom is 0.341 e. The van der Waals surface area contributed by atoms with E-state index in [1.807, 2.05) is 0 Å². The average Bonchev–Trinajstić information content (AvgIpc) is 2.38. The van der Waals surface area contributed by atoms with E-state index >= 15 is 0 Å². The van der Waals surface area contributed by atoms with Crippen molar-refractivity contribution in [1.29, 1.82) is 0 Å². The average molecular weight is 310 g/mol. The van der Waals surface area contributed by atoms with Gasteiger partial charge in [-0.15, -0.1) is 0 Å². The summed E-state index contributed by atoms with van der Waals surface area (Å²) in [6.07, 6.45) is 0. The van der Waals surface area contributed by atoms with E-state index in [0.717, 1.165) is 0 Å². The van der Waals surface area contributed by atoms with Crippen LogP contribution in [0.5, 0.6) is 0 Å². The van der Waals surface area contributed by atoms with Crippen LogP contribution in [-0.4, -0.2) is 15.6 Å². The van der Waals surface area contributed by atoms with Crippen LogP contribution < -0.4 is 5.56 Å². The molecule has 0 saturated heterocycles. The molecular weight excluding hydrogens is 297 g/mol. The summed E-state index contributed by atoms with van der Waals surface area (Å²) in [4.78, 5) is 23.5. The molecule has 0 amide bonds. The third-order valence-electron chi connectivity index (χ3n) is 3.24. The Hall–Kier alpha value is -2.14. The highest BCUT2D eigenvalue weighted by atomic mass is 35.5. The van der Waals surface area contributed by atoms with E-state index in [0.29, 0.717) is 16.8 Å². The predicted octanol–water partition coefficient (Wildman–Crippen LogP) is 3.00. The van der Waals surface area contributed by atoms with Crippen LogP contribution >= 0.6 is 11.6 Å². The number of aromatic nitrogens is 1. The largest absolute Gasteiger partial charge is 0.477 e. The van der Waals surface area contributed by atoms with Gasteiger partial charge in [0.15, 0.2) is 0 Å². The van der Waals surface area contributed by atoms with Gasteiger partial charge in [0.05, 0.1) is 11.6 Å². The number of nitrogens with zero attached hydrogens (tertiary/aromatic N) is 1. The van der Waals surface area contributed by atoms with E-state index < -0.39 is 17.3 Å². The molecule has 0 atom stereocenters. The topological polar surface area (TPSA) is 59.3 Å². The summed E-state index contributed by atoms with van der Waals surface area (Å²) in [5, 5.41) is 9.09. The minimum absolute atomic E-state index is 0.0382. The van der Waals surface area contributed by atoms with Crippen LogP contribution in [0, 0.1) is 19.7 Å². The zero-order chi connectivity index (χ0) is 15.7. The fraction of sp³-hybridized carbons (Fsp3) is 0.200. The molecule has 21 heavy (non-hydrogen) atoms. The van der Waals surface area contributed by atoms with Gasteiger partial charge in [0.1, 0.15) is 11.4 Å². The number of pyridine rings is 1. The lowest BCUT2D eigenvalue weighted by molar-refractivity contribution is 0.0693. The van der Waals surface area contributed by atoms with Crippen LogP contribution in [0.1, 0.15) is 27.2 Å². The molecule has 1 N–H and O–H groups in total. The summed E-state index contributed by atoms with van der Waals surface area (Å²) >= 11 is 5.71. The zero-order valence-electron chi connectivity index (χ0n) is 11.5. The standard InChI is InChI=1S/C15H13ClFNO3/c1-8-5-9(2)18(14(19)13(8)15(20)21)7-10-3-4-12(17)11(16)6-10/h3-6H,7H2,1-2H3,(H,20,21). The van der Waals surface area contributed by atoms with Crippen molar-refractivity contribution in [3.8, 4) is 0 Å². The van der Waals surface area contributed by atoms with E-state index in [4.69, 9.17) is 16.7 Å². The second-order valence-corrected chi connectivity index (χ2v) is 5.20. The Morgan fingerprint density at radius 1 is 1.33 bits per heavy atom.